The summed E-state index contributed by atoms with van der Waals surface area (Å²) in [5, 5.41) is 5.20. The molecule has 0 amide bonds. The maximum Gasteiger partial charge on any atom is 0.0620 e. The summed E-state index contributed by atoms with van der Waals surface area (Å²) in [6.45, 7) is 28.0. The van der Waals surface area contributed by atoms with Crippen molar-refractivity contribution in [2.45, 2.75) is 181 Å². The van der Waals surface area contributed by atoms with Gasteiger partial charge in [-0.05, 0) is 153 Å². The molecular weight excluding hydrogens is 821 g/mol. The fourth-order valence-electron chi connectivity index (χ4n) is 11.3. The zero-order chi connectivity index (χ0) is 48.2. The molecule has 2 heteroatoms. The first kappa shape index (κ1) is 47.7. The zero-order valence-corrected chi connectivity index (χ0v) is 43.8. The maximum atomic E-state index is 2.63. The van der Waals surface area contributed by atoms with Crippen LogP contribution in [0, 0.1) is 0 Å². The highest BCUT2D eigenvalue weighted by Crippen LogP contribution is 2.53. The van der Waals surface area contributed by atoms with Crippen LogP contribution >= 0.6 is 0 Å². The van der Waals surface area contributed by atoms with Crippen LogP contribution in [-0.2, 0) is 21.7 Å². The van der Waals surface area contributed by atoms with Gasteiger partial charge in [-0.3, -0.25) is 0 Å². The first-order chi connectivity index (χ1) is 32.3. The van der Waals surface area contributed by atoms with Crippen LogP contribution in [0.25, 0.3) is 21.5 Å². The molecule has 9 rings (SSSR count). The highest BCUT2D eigenvalue weighted by Gasteiger charge is 2.30. The Morgan fingerprint density at radius 3 is 0.971 bits per heavy atom. The van der Waals surface area contributed by atoms with Crippen molar-refractivity contribution in [3.63, 3.8) is 0 Å². The fraction of sp³-hybridized carbons (Fsp3) is 0.424. The minimum atomic E-state index is -0.0144. The molecule has 2 aliphatic rings. The fourth-order valence-corrected chi connectivity index (χ4v) is 11.3. The van der Waals surface area contributed by atoms with Crippen LogP contribution < -0.4 is 9.80 Å². The quantitative estimate of drug-likeness (QED) is 0.111. The van der Waals surface area contributed by atoms with Crippen molar-refractivity contribution in [1.82, 2.24) is 0 Å². The van der Waals surface area contributed by atoms with E-state index in [1.807, 2.05) is 0 Å². The molecule has 0 radical (unpaired) electrons. The second kappa shape index (κ2) is 18.5. The van der Waals surface area contributed by atoms with Gasteiger partial charge in [0.15, 0.2) is 0 Å². The van der Waals surface area contributed by atoms with Gasteiger partial charge in [0.1, 0.15) is 0 Å². The van der Waals surface area contributed by atoms with Gasteiger partial charge in [0, 0.05) is 44.3 Å². The van der Waals surface area contributed by atoms with Crippen LogP contribution in [-0.4, -0.2) is 0 Å². The van der Waals surface area contributed by atoms with Crippen molar-refractivity contribution in [2.24, 2.45) is 0 Å². The molecule has 0 heterocycles. The Hall–Kier alpha value is -5.34. The Kier molecular flexibility index (Phi) is 13.0. The summed E-state index contributed by atoms with van der Waals surface area (Å²) in [5.74, 6) is 1.11. The molecule has 354 valence electrons. The number of anilines is 6. The first-order valence-corrected chi connectivity index (χ1v) is 26.3. The molecule has 2 saturated carbocycles. The monoisotopic (exact) mass is 901 g/mol. The van der Waals surface area contributed by atoms with Gasteiger partial charge in [-0.25, -0.2) is 0 Å². The molecule has 0 aromatic heterocycles. The average molecular weight is 901 g/mol. The second-order valence-electron chi connectivity index (χ2n) is 24.8. The Bertz CT molecular complexity index is 2670. The van der Waals surface area contributed by atoms with E-state index in [1.54, 1.807) is 0 Å². The van der Waals surface area contributed by atoms with Gasteiger partial charge < -0.3 is 9.80 Å². The molecule has 0 unspecified atom stereocenters. The van der Waals surface area contributed by atoms with Crippen LogP contribution in [0.2, 0.25) is 0 Å². The van der Waals surface area contributed by atoms with E-state index in [0.717, 1.165) is 0 Å². The van der Waals surface area contributed by atoms with Crippen LogP contribution in [0.5, 0.6) is 0 Å². The van der Waals surface area contributed by atoms with Gasteiger partial charge in [0.25, 0.3) is 0 Å². The van der Waals surface area contributed by atoms with E-state index in [0.29, 0.717) is 11.8 Å². The molecule has 0 spiro atoms. The Morgan fingerprint density at radius 1 is 0.309 bits per heavy atom. The Labute approximate surface area is 411 Å². The average Bonchev–Trinajstić information content (AvgIpc) is 3.32. The summed E-state index contributed by atoms with van der Waals surface area (Å²) in [6.07, 6.45) is 12.9. The molecule has 0 N–H and O–H groups in total. The summed E-state index contributed by atoms with van der Waals surface area (Å²) < 4.78 is 0. The molecule has 7 aromatic carbocycles. The molecule has 0 aliphatic heterocycles. The number of benzene rings is 7. The SMILES string of the molecule is CC(C)(C)c1ccc(N(c2cccc(C(C)(C)C)c2)c2c3ccc(C4CCCCC4)cc3c(N(c3ccc(C(C)(C)C)cc3)c3cccc(C(C)(C)C)c3)c3ccc(C4CCCCC4)cc23)cc1. The van der Waals surface area contributed by atoms with Gasteiger partial charge in [-0.1, -0.05) is 194 Å². The zero-order valence-electron chi connectivity index (χ0n) is 43.8. The molecule has 68 heavy (non-hydrogen) atoms. The summed E-state index contributed by atoms with van der Waals surface area (Å²) in [7, 11) is 0. The highest BCUT2D eigenvalue weighted by molar-refractivity contribution is 6.23. The molecule has 0 atom stereocenters. The smallest absolute Gasteiger partial charge is 0.0620 e. The predicted octanol–water partition coefficient (Wildman–Crippen LogP) is 20.2. The first-order valence-electron chi connectivity index (χ1n) is 26.3. The lowest BCUT2D eigenvalue weighted by atomic mass is 9.81. The summed E-state index contributed by atoms with van der Waals surface area (Å²) in [5.41, 5.74) is 15.7. The Morgan fingerprint density at radius 2 is 0.647 bits per heavy atom. The van der Waals surface area contributed by atoms with Gasteiger partial charge in [0.05, 0.1) is 11.4 Å². The van der Waals surface area contributed by atoms with E-state index in [1.165, 1.54) is 153 Å². The topological polar surface area (TPSA) is 6.48 Å². The van der Waals surface area contributed by atoms with Gasteiger partial charge >= 0.3 is 0 Å². The number of rotatable bonds is 8. The van der Waals surface area contributed by atoms with Crippen LogP contribution in [0.1, 0.15) is 193 Å². The number of hydrogen-bond acceptors (Lipinski definition) is 2. The van der Waals surface area contributed by atoms with E-state index in [4.69, 9.17) is 0 Å². The van der Waals surface area contributed by atoms with Crippen molar-refractivity contribution in [3.05, 3.63) is 167 Å². The molecule has 0 saturated heterocycles. The standard InChI is InChI=1S/C66H80N2/c1-63(2,3)49-31-35-53(36-32-49)67(55-27-19-25-51(43-55)65(7,8)9)61-57-39-29-48(46-23-17-14-18-24-46)42-60(57)62(58-40-30-47(41-59(58)61)45-21-15-13-16-22-45)68(54-37-33-50(34-38-54)64(4,5)6)56-28-20-26-52(44-56)66(10,11)12/h19-20,25-46H,13-18,21-24H2,1-12H3. The van der Waals surface area contributed by atoms with Crippen molar-refractivity contribution >= 4 is 55.7 Å². The molecule has 7 aromatic rings. The molecule has 2 nitrogen and oxygen atoms in total. The third-order valence-corrected chi connectivity index (χ3v) is 15.6. The van der Waals surface area contributed by atoms with E-state index < -0.39 is 0 Å². The van der Waals surface area contributed by atoms with Crippen LogP contribution in [0.15, 0.2) is 133 Å². The van der Waals surface area contributed by atoms with Crippen molar-refractivity contribution < 1.29 is 0 Å². The second-order valence-corrected chi connectivity index (χ2v) is 24.8. The molecule has 0 bridgehead atoms. The normalized spacial score (nSPS) is 15.8. The lowest BCUT2D eigenvalue weighted by Crippen LogP contribution is -2.18. The van der Waals surface area contributed by atoms with Gasteiger partial charge in [-0.15, -0.1) is 0 Å². The molecule has 2 aliphatic carbocycles. The summed E-state index contributed by atoms with van der Waals surface area (Å²) >= 11 is 0. The van der Waals surface area contributed by atoms with E-state index in [-0.39, 0.29) is 21.7 Å². The third kappa shape index (κ3) is 9.77. The van der Waals surface area contributed by atoms with E-state index in [2.05, 4.69) is 226 Å². The van der Waals surface area contributed by atoms with Crippen molar-refractivity contribution in [2.75, 3.05) is 9.80 Å². The summed E-state index contributed by atoms with van der Waals surface area (Å²) in [6, 6.07) is 53.2. The lowest BCUT2D eigenvalue weighted by Gasteiger charge is -2.35. The predicted molar refractivity (Wildman–Crippen MR) is 297 cm³/mol. The van der Waals surface area contributed by atoms with Crippen molar-refractivity contribution in [1.29, 1.82) is 0 Å². The summed E-state index contributed by atoms with van der Waals surface area (Å²) in [4.78, 5) is 5.26. The van der Waals surface area contributed by atoms with Crippen LogP contribution in [0.3, 0.4) is 0 Å². The molecular formula is C66H80N2. The van der Waals surface area contributed by atoms with Crippen LogP contribution in [0.4, 0.5) is 34.1 Å². The van der Waals surface area contributed by atoms with Crippen molar-refractivity contribution in [3.8, 4) is 0 Å². The lowest BCUT2D eigenvalue weighted by molar-refractivity contribution is 0.444. The van der Waals surface area contributed by atoms with Gasteiger partial charge in [-0.2, -0.15) is 0 Å². The van der Waals surface area contributed by atoms with E-state index >= 15 is 0 Å². The number of nitrogens with zero attached hydrogens (tertiary/aromatic N) is 2. The molecule has 2 fully saturated rings. The highest BCUT2D eigenvalue weighted by atomic mass is 15.2. The minimum Gasteiger partial charge on any atom is -0.309 e. The van der Waals surface area contributed by atoms with E-state index in [9.17, 15) is 0 Å². The third-order valence-electron chi connectivity index (χ3n) is 15.6. The minimum absolute atomic E-state index is 0.0144. The number of fused-ring (bicyclic) bond motifs is 2. The number of hydrogen-bond donors (Lipinski definition) is 0. The maximum absolute atomic E-state index is 2.63. The Balaban J connectivity index is 1.45. The van der Waals surface area contributed by atoms with Gasteiger partial charge in [0.2, 0.25) is 0 Å². The largest absolute Gasteiger partial charge is 0.309 e.